The number of nitrogens with zero attached hydrogens (tertiary/aromatic N) is 1. The van der Waals surface area contributed by atoms with Gasteiger partial charge in [0.1, 0.15) is 0 Å². The quantitative estimate of drug-likeness (QED) is 0.581. The third kappa shape index (κ3) is 5.71. The van der Waals surface area contributed by atoms with E-state index in [0.29, 0.717) is 23.9 Å². The summed E-state index contributed by atoms with van der Waals surface area (Å²) in [7, 11) is -4.44. The number of alkyl halides is 3. The van der Waals surface area contributed by atoms with E-state index < -0.39 is 56.1 Å². The smallest absolute Gasteiger partial charge is 0.272 e. The van der Waals surface area contributed by atoms with Gasteiger partial charge in [-0.05, 0) is 55.3 Å². The Morgan fingerprint density at radius 3 is 2.22 bits per heavy atom. The summed E-state index contributed by atoms with van der Waals surface area (Å²) in [5.41, 5.74) is 3.14. The second-order valence-electron chi connectivity index (χ2n) is 6.93. The van der Waals surface area contributed by atoms with Gasteiger partial charge in [-0.2, -0.15) is 17.5 Å². The fraction of sp³-hybridized carbons (Fsp3) is 0.263. The Labute approximate surface area is 191 Å². The van der Waals surface area contributed by atoms with Crippen LogP contribution in [0.15, 0.2) is 47.4 Å². The maximum atomic E-state index is 13.1. The Hall–Kier alpha value is -2.34. The summed E-state index contributed by atoms with van der Waals surface area (Å²) in [6.07, 6.45) is -3.96. The van der Waals surface area contributed by atoms with E-state index in [-0.39, 0.29) is 5.56 Å². The molecule has 0 unspecified atom stereocenters. The third-order valence-electron chi connectivity index (χ3n) is 4.53. The molecule has 0 aromatic heterocycles. The highest BCUT2D eigenvalue weighted by Gasteiger charge is 2.41. The van der Waals surface area contributed by atoms with Crippen LogP contribution in [0, 0.1) is 0 Å². The minimum atomic E-state index is -4.85. The molecule has 2 aromatic rings. The van der Waals surface area contributed by atoms with Crippen molar-refractivity contribution >= 4 is 45.0 Å². The number of nitrogens with one attached hydrogen (secondary N) is 2. The van der Waals surface area contributed by atoms with Crippen molar-refractivity contribution in [3.8, 4) is 0 Å². The number of hydrogen-bond acceptors (Lipinski definition) is 4. The summed E-state index contributed by atoms with van der Waals surface area (Å²) >= 11 is 11.3. The van der Waals surface area contributed by atoms with Gasteiger partial charge in [0.15, 0.2) is 0 Å². The molecule has 0 heterocycles. The van der Waals surface area contributed by atoms with Gasteiger partial charge in [0.2, 0.25) is 10.0 Å². The van der Waals surface area contributed by atoms with Crippen LogP contribution in [-0.2, 0) is 21.0 Å². The third-order valence-corrected chi connectivity index (χ3v) is 7.00. The summed E-state index contributed by atoms with van der Waals surface area (Å²) in [5, 5.41) is -0.233. The fourth-order valence-electron chi connectivity index (χ4n) is 2.77. The van der Waals surface area contributed by atoms with Crippen LogP contribution in [-0.4, -0.2) is 37.1 Å². The molecule has 7 nitrogen and oxygen atoms in total. The van der Waals surface area contributed by atoms with Crippen molar-refractivity contribution < 1.29 is 31.2 Å². The Bertz CT molecular complexity index is 1140. The molecule has 0 aliphatic heterocycles. The lowest BCUT2D eigenvalue weighted by Gasteiger charge is -2.22. The normalized spacial score (nSPS) is 14.3. The fourth-order valence-corrected chi connectivity index (χ4v) is 4.79. The van der Waals surface area contributed by atoms with Gasteiger partial charge in [0.05, 0.1) is 22.0 Å². The number of rotatable bonds is 6. The lowest BCUT2D eigenvalue weighted by Crippen LogP contribution is -2.48. The molecule has 1 fully saturated rings. The molecule has 0 saturated heterocycles. The summed E-state index contributed by atoms with van der Waals surface area (Å²) in [5.74, 6) is -1.53. The highest BCUT2D eigenvalue weighted by atomic mass is 35.5. The van der Waals surface area contributed by atoms with Crippen LogP contribution in [0.25, 0.3) is 0 Å². The summed E-state index contributed by atoms with van der Waals surface area (Å²) < 4.78 is 66.1. The van der Waals surface area contributed by atoms with Crippen LogP contribution in [0.3, 0.4) is 0 Å². The summed E-state index contributed by atoms with van der Waals surface area (Å²) in [6.45, 7) is -0.697. The lowest BCUT2D eigenvalue weighted by atomic mass is 10.2. The molecule has 3 rings (SSSR count). The topological polar surface area (TPSA) is 95.6 Å². The summed E-state index contributed by atoms with van der Waals surface area (Å²) in [6, 6.07) is 7.47. The van der Waals surface area contributed by atoms with Gasteiger partial charge >= 0.3 is 6.18 Å². The van der Waals surface area contributed by atoms with Gasteiger partial charge in [-0.1, -0.05) is 23.2 Å². The molecule has 0 bridgehead atoms. The van der Waals surface area contributed by atoms with Crippen molar-refractivity contribution in [1.82, 2.24) is 15.2 Å². The van der Waals surface area contributed by atoms with Crippen molar-refractivity contribution in [2.24, 2.45) is 0 Å². The Kier molecular flexibility index (Phi) is 7.03. The molecule has 1 saturated carbocycles. The molecule has 0 radical (unpaired) electrons. The molecular weight excluding hydrogens is 494 g/mol. The minimum absolute atomic E-state index is 0.196. The zero-order chi connectivity index (χ0) is 23.7. The van der Waals surface area contributed by atoms with Crippen LogP contribution in [0.2, 0.25) is 10.0 Å². The molecule has 2 N–H and O–H groups in total. The largest absolute Gasteiger partial charge is 0.417 e. The van der Waals surface area contributed by atoms with Crippen LogP contribution in [0.5, 0.6) is 0 Å². The van der Waals surface area contributed by atoms with E-state index in [0.717, 1.165) is 16.4 Å². The van der Waals surface area contributed by atoms with Gasteiger partial charge in [-0.3, -0.25) is 20.4 Å². The van der Waals surface area contributed by atoms with Gasteiger partial charge in [-0.25, -0.2) is 8.42 Å². The second-order valence-corrected chi connectivity index (χ2v) is 9.66. The SMILES string of the molecule is O=C(CN(C1CC1)S(=O)(=O)c1ccc(Cl)c(C(F)(F)F)c1)NNC(=O)c1ccc(Cl)cc1. The predicted molar refractivity (Wildman–Crippen MR) is 110 cm³/mol. The number of halogens is 5. The van der Waals surface area contributed by atoms with Crippen LogP contribution in [0.4, 0.5) is 13.2 Å². The van der Waals surface area contributed by atoms with Gasteiger partial charge < -0.3 is 0 Å². The number of carbonyl (C=O) groups is 2. The van der Waals surface area contributed by atoms with Gasteiger partial charge in [-0.15, -0.1) is 0 Å². The standard InChI is InChI=1S/C19H16Cl2F3N3O4S/c20-12-3-1-11(2-4-12)18(29)26-25-17(28)10-27(13-5-6-13)32(30,31)14-7-8-16(21)15(9-14)19(22,23)24/h1-4,7-9,13H,5-6,10H2,(H,25,28)(H,26,29). The van der Waals surface area contributed by atoms with Crippen molar-refractivity contribution in [3.63, 3.8) is 0 Å². The Morgan fingerprint density at radius 2 is 1.66 bits per heavy atom. The number of sulfonamides is 1. The first-order valence-electron chi connectivity index (χ1n) is 9.13. The maximum absolute atomic E-state index is 13.1. The van der Waals surface area contributed by atoms with E-state index in [4.69, 9.17) is 23.2 Å². The maximum Gasteiger partial charge on any atom is 0.417 e. The molecule has 0 spiro atoms. The molecule has 2 aromatic carbocycles. The van der Waals surface area contributed by atoms with E-state index in [9.17, 15) is 31.2 Å². The first-order valence-corrected chi connectivity index (χ1v) is 11.3. The average molecular weight is 510 g/mol. The molecule has 1 aliphatic carbocycles. The number of carbonyl (C=O) groups excluding carboxylic acids is 2. The molecule has 172 valence electrons. The molecular formula is C19H16Cl2F3N3O4S. The van der Waals surface area contributed by atoms with E-state index in [1.165, 1.54) is 24.3 Å². The monoisotopic (exact) mass is 509 g/mol. The van der Waals surface area contributed by atoms with Crippen molar-refractivity contribution in [2.75, 3.05) is 6.54 Å². The second kappa shape index (κ2) is 9.26. The average Bonchev–Trinajstić information content (AvgIpc) is 3.55. The first kappa shape index (κ1) is 24.3. The predicted octanol–water partition coefficient (Wildman–Crippen LogP) is 3.63. The minimum Gasteiger partial charge on any atom is -0.272 e. The Morgan fingerprint density at radius 1 is 1.03 bits per heavy atom. The number of benzene rings is 2. The van der Waals surface area contributed by atoms with Gasteiger partial charge in [0.25, 0.3) is 11.8 Å². The first-order chi connectivity index (χ1) is 14.9. The number of hydrazine groups is 1. The molecule has 32 heavy (non-hydrogen) atoms. The summed E-state index contributed by atoms with van der Waals surface area (Å²) in [4.78, 5) is 23.7. The van der Waals surface area contributed by atoms with Crippen LogP contribution >= 0.6 is 23.2 Å². The van der Waals surface area contributed by atoms with E-state index in [2.05, 4.69) is 10.9 Å². The highest BCUT2D eigenvalue weighted by molar-refractivity contribution is 7.89. The van der Waals surface area contributed by atoms with E-state index in [1.807, 2.05) is 0 Å². The zero-order valence-corrected chi connectivity index (χ0v) is 18.4. The number of amides is 2. The molecule has 13 heteroatoms. The highest BCUT2D eigenvalue weighted by Crippen LogP contribution is 2.38. The zero-order valence-electron chi connectivity index (χ0n) is 16.1. The van der Waals surface area contributed by atoms with Crippen molar-refractivity contribution in [2.45, 2.75) is 30.0 Å². The van der Waals surface area contributed by atoms with Crippen molar-refractivity contribution in [1.29, 1.82) is 0 Å². The van der Waals surface area contributed by atoms with Gasteiger partial charge in [0, 0.05) is 16.6 Å². The van der Waals surface area contributed by atoms with E-state index in [1.54, 1.807) is 0 Å². The van der Waals surface area contributed by atoms with Crippen LogP contribution in [0.1, 0.15) is 28.8 Å². The molecule has 2 amide bonds. The van der Waals surface area contributed by atoms with Crippen LogP contribution < -0.4 is 10.9 Å². The number of hydrogen-bond donors (Lipinski definition) is 2. The molecule has 0 atom stereocenters. The lowest BCUT2D eigenvalue weighted by molar-refractivity contribution is -0.137. The van der Waals surface area contributed by atoms with E-state index >= 15 is 0 Å². The molecule has 1 aliphatic rings. The Balaban J connectivity index is 1.73. The van der Waals surface area contributed by atoms with Crippen molar-refractivity contribution in [3.05, 3.63) is 63.6 Å².